The molecule has 1 N–H and O–H groups in total. The number of ether oxygens (including phenoxy) is 1. The number of nitrogens with zero attached hydrogens (tertiary/aromatic N) is 4. The second-order valence-electron chi connectivity index (χ2n) is 8.60. The highest BCUT2D eigenvalue weighted by Gasteiger charge is 2.34. The largest absolute Gasteiger partial charge is 0.379 e. The Balaban J connectivity index is 1.20. The summed E-state index contributed by atoms with van der Waals surface area (Å²) in [7, 11) is -7.37. The van der Waals surface area contributed by atoms with Crippen molar-refractivity contribution >= 4 is 54.4 Å². The number of sulfonamides is 2. The first-order valence-corrected chi connectivity index (χ1v) is 15.1. The number of piperidine rings is 1. The number of aromatic nitrogens is 2. The van der Waals surface area contributed by atoms with Gasteiger partial charge in [-0.2, -0.15) is 17.4 Å². The maximum atomic E-state index is 13.2. The Bertz CT molecular complexity index is 1460. The molecule has 11 nitrogen and oxygen atoms in total. The van der Waals surface area contributed by atoms with Crippen LogP contribution >= 0.6 is 11.7 Å². The molecule has 36 heavy (non-hydrogen) atoms. The van der Waals surface area contributed by atoms with Gasteiger partial charge in [-0.3, -0.25) is 4.79 Å². The van der Waals surface area contributed by atoms with Crippen molar-refractivity contribution < 1.29 is 26.4 Å². The van der Waals surface area contributed by atoms with Gasteiger partial charge in [0.25, 0.3) is 0 Å². The summed E-state index contributed by atoms with van der Waals surface area (Å²) in [6.07, 6.45) is 0.750. The molecule has 0 saturated carbocycles. The molecule has 1 aromatic heterocycles. The average Bonchev–Trinajstić information content (AvgIpc) is 3.39. The van der Waals surface area contributed by atoms with Gasteiger partial charge in [-0.15, -0.1) is 0 Å². The third-order valence-electron chi connectivity index (χ3n) is 6.42. The predicted molar refractivity (Wildman–Crippen MR) is 134 cm³/mol. The summed E-state index contributed by atoms with van der Waals surface area (Å²) in [4.78, 5) is 13.1. The number of hydrogen-bond acceptors (Lipinski definition) is 9. The number of morpholine rings is 1. The summed E-state index contributed by atoms with van der Waals surface area (Å²) >= 11 is 0.968. The third-order valence-corrected chi connectivity index (χ3v) is 10.8. The van der Waals surface area contributed by atoms with Crippen LogP contribution in [-0.4, -0.2) is 79.5 Å². The van der Waals surface area contributed by atoms with Crippen LogP contribution in [0.5, 0.6) is 0 Å². The van der Waals surface area contributed by atoms with Crippen LogP contribution < -0.4 is 5.32 Å². The van der Waals surface area contributed by atoms with Crippen molar-refractivity contribution in [1.82, 2.24) is 17.4 Å². The van der Waals surface area contributed by atoms with E-state index < -0.39 is 20.0 Å². The summed E-state index contributed by atoms with van der Waals surface area (Å²) in [5.74, 6) is -0.577. The molecule has 0 spiro atoms. The molecule has 2 saturated heterocycles. The Morgan fingerprint density at radius 1 is 0.889 bits per heavy atom. The fraction of sp³-hybridized carbons (Fsp3) is 0.409. The molecule has 2 aliphatic heterocycles. The molecule has 192 valence electrons. The molecule has 1 amide bonds. The summed E-state index contributed by atoms with van der Waals surface area (Å²) in [6.45, 7) is 1.78. The monoisotopic (exact) mass is 551 g/mol. The standard InChI is InChI=1S/C22H25N5O6S3/c28-22(23-17-4-6-18(7-5-17)35(29,30)27-12-14-33-15-13-27)16-8-10-26(11-9-16)36(31,32)20-3-1-2-19-21(20)25-34-24-19/h1-7,16H,8-15H2,(H,23,28). The molecule has 2 aromatic carbocycles. The maximum Gasteiger partial charge on any atom is 0.245 e. The molecule has 2 aliphatic rings. The molecule has 3 aromatic rings. The van der Waals surface area contributed by atoms with Gasteiger partial charge in [-0.25, -0.2) is 16.8 Å². The summed E-state index contributed by atoms with van der Waals surface area (Å²) in [5.41, 5.74) is 1.39. The van der Waals surface area contributed by atoms with Gasteiger partial charge in [0, 0.05) is 37.8 Å². The van der Waals surface area contributed by atoms with Crippen molar-refractivity contribution in [1.29, 1.82) is 0 Å². The Kier molecular flexibility index (Phi) is 7.07. The molecular formula is C22H25N5O6S3. The number of nitrogens with one attached hydrogen (secondary N) is 1. The van der Waals surface area contributed by atoms with E-state index in [1.54, 1.807) is 24.3 Å². The number of hydrogen-bond donors (Lipinski definition) is 1. The quantitative estimate of drug-likeness (QED) is 0.489. The van der Waals surface area contributed by atoms with Gasteiger partial charge in [0.05, 0.1) is 29.8 Å². The first kappa shape index (κ1) is 25.2. The molecule has 3 heterocycles. The van der Waals surface area contributed by atoms with Crippen LogP contribution in [0.1, 0.15) is 12.8 Å². The molecule has 2 fully saturated rings. The third kappa shape index (κ3) is 4.88. The van der Waals surface area contributed by atoms with Crippen molar-refractivity contribution in [2.75, 3.05) is 44.7 Å². The molecule has 0 atom stereocenters. The second-order valence-corrected chi connectivity index (χ2v) is 13.0. The molecule has 0 bridgehead atoms. The van der Waals surface area contributed by atoms with Crippen molar-refractivity contribution in [2.24, 2.45) is 5.92 Å². The summed E-state index contributed by atoms with van der Waals surface area (Å²) in [5, 5.41) is 2.82. The van der Waals surface area contributed by atoms with E-state index in [9.17, 15) is 21.6 Å². The summed E-state index contributed by atoms with van der Waals surface area (Å²) in [6, 6.07) is 11.0. The fourth-order valence-electron chi connectivity index (χ4n) is 4.38. The van der Waals surface area contributed by atoms with Crippen LogP contribution in [0, 0.1) is 5.92 Å². The van der Waals surface area contributed by atoms with E-state index in [2.05, 4.69) is 14.1 Å². The highest BCUT2D eigenvalue weighted by molar-refractivity contribution is 7.89. The first-order chi connectivity index (χ1) is 17.3. The molecule has 5 rings (SSSR count). The number of amides is 1. The highest BCUT2D eigenvalue weighted by atomic mass is 32.2. The van der Waals surface area contributed by atoms with Gasteiger partial charge in [0.15, 0.2) is 0 Å². The van der Waals surface area contributed by atoms with Crippen molar-refractivity contribution in [2.45, 2.75) is 22.6 Å². The van der Waals surface area contributed by atoms with E-state index in [4.69, 9.17) is 4.74 Å². The highest BCUT2D eigenvalue weighted by Crippen LogP contribution is 2.29. The van der Waals surface area contributed by atoms with E-state index in [0.29, 0.717) is 55.9 Å². The molecular weight excluding hydrogens is 526 g/mol. The molecule has 0 unspecified atom stereocenters. The Morgan fingerprint density at radius 3 is 2.25 bits per heavy atom. The number of carbonyl (C=O) groups is 1. The Labute approximate surface area is 213 Å². The van der Waals surface area contributed by atoms with Gasteiger partial charge in [-0.1, -0.05) is 6.07 Å². The lowest BCUT2D eigenvalue weighted by Gasteiger charge is -2.30. The van der Waals surface area contributed by atoms with E-state index in [1.165, 1.54) is 26.8 Å². The van der Waals surface area contributed by atoms with Gasteiger partial charge in [-0.05, 0) is 49.2 Å². The van der Waals surface area contributed by atoms with Crippen LogP contribution in [0.3, 0.4) is 0 Å². The zero-order valence-electron chi connectivity index (χ0n) is 19.2. The Morgan fingerprint density at radius 2 is 1.56 bits per heavy atom. The lowest BCUT2D eigenvalue weighted by atomic mass is 9.97. The van der Waals surface area contributed by atoms with Crippen LogP contribution in [0.2, 0.25) is 0 Å². The van der Waals surface area contributed by atoms with Crippen molar-refractivity contribution in [3.63, 3.8) is 0 Å². The van der Waals surface area contributed by atoms with Crippen LogP contribution in [0.15, 0.2) is 52.3 Å². The number of fused-ring (bicyclic) bond motifs is 1. The van der Waals surface area contributed by atoms with E-state index in [-0.39, 0.29) is 34.7 Å². The smallest absolute Gasteiger partial charge is 0.245 e. The minimum absolute atomic E-state index is 0.128. The van der Waals surface area contributed by atoms with Crippen LogP contribution in [0.25, 0.3) is 11.0 Å². The van der Waals surface area contributed by atoms with E-state index in [0.717, 1.165) is 11.7 Å². The van der Waals surface area contributed by atoms with Gasteiger partial charge in [0.2, 0.25) is 26.0 Å². The maximum absolute atomic E-state index is 13.2. The fourth-order valence-corrected chi connectivity index (χ4v) is 8.01. The summed E-state index contributed by atoms with van der Waals surface area (Å²) < 4.78 is 68.1. The SMILES string of the molecule is O=C(Nc1ccc(S(=O)(=O)N2CCOCC2)cc1)C1CCN(S(=O)(=O)c2cccc3nsnc23)CC1. The lowest BCUT2D eigenvalue weighted by Crippen LogP contribution is -2.41. The van der Waals surface area contributed by atoms with Crippen molar-refractivity contribution in [3.05, 3.63) is 42.5 Å². The first-order valence-electron chi connectivity index (χ1n) is 11.5. The lowest BCUT2D eigenvalue weighted by molar-refractivity contribution is -0.120. The minimum atomic E-state index is -3.76. The number of rotatable bonds is 6. The normalized spacial score (nSPS) is 18.9. The van der Waals surface area contributed by atoms with E-state index >= 15 is 0 Å². The van der Waals surface area contributed by atoms with Gasteiger partial charge in [0.1, 0.15) is 15.9 Å². The number of anilines is 1. The topological polar surface area (TPSA) is 139 Å². The van der Waals surface area contributed by atoms with E-state index in [1.807, 2.05) is 0 Å². The van der Waals surface area contributed by atoms with Crippen LogP contribution in [0.4, 0.5) is 5.69 Å². The molecule has 14 heteroatoms. The zero-order chi connectivity index (χ0) is 25.3. The zero-order valence-corrected chi connectivity index (χ0v) is 21.7. The second kappa shape index (κ2) is 10.1. The average molecular weight is 552 g/mol. The number of benzene rings is 2. The van der Waals surface area contributed by atoms with Gasteiger partial charge >= 0.3 is 0 Å². The Hall–Kier alpha value is -2.49. The predicted octanol–water partition coefficient (Wildman–Crippen LogP) is 1.75. The molecule has 0 radical (unpaired) electrons. The number of carbonyl (C=O) groups excluding carboxylic acids is 1. The van der Waals surface area contributed by atoms with Gasteiger partial charge < -0.3 is 10.1 Å². The van der Waals surface area contributed by atoms with Crippen LogP contribution in [-0.2, 0) is 29.6 Å². The van der Waals surface area contributed by atoms with Crippen molar-refractivity contribution in [3.8, 4) is 0 Å². The minimum Gasteiger partial charge on any atom is -0.379 e. The molecule has 0 aliphatic carbocycles.